The van der Waals surface area contributed by atoms with Gasteiger partial charge in [0.15, 0.2) is 0 Å². The van der Waals surface area contributed by atoms with Crippen LogP contribution in [0.1, 0.15) is 32.3 Å². The van der Waals surface area contributed by atoms with Crippen molar-refractivity contribution in [2.75, 3.05) is 0 Å². The summed E-state index contributed by atoms with van der Waals surface area (Å²) in [5.74, 6) is 0.609. The lowest BCUT2D eigenvalue weighted by Crippen LogP contribution is -2.03. The van der Waals surface area contributed by atoms with E-state index in [1.165, 1.54) is 6.07 Å². The Labute approximate surface area is 103 Å². The highest BCUT2D eigenvalue weighted by Gasteiger charge is 2.13. The molecule has 5 heteroatoms. The van der Waals surface area contributed by atoms with Gasteiger partial charge >= 0.3 is 0 Å². The third-order valence-electron chi connectivity index (χ3n) is 2.48. The van der Waals surface area contributed by atoms with Crippen LogP contribution in [0, 0.1) is 5.92 Å². The van der Waals surface area contributed by atoms with Gasteiger partial charge in [-0.05, 0) is 30.4 Å². The minimum atomic E-state index is -4.08. The number of hydrogen-bond donors (Lipinski definition) is 2. The molecule has 0 bridgehead atoms. The van der Waals surface area contributed by atoms with Crippen molar-refractivity contribution in [3.05, 3.63) is 29.8 Å². The van der Waals surface area contributed by atoms with Gasteiger partial charge in [-0.2, -0.15) is 8.42 Å². The van der Waals surface area contributed by atoms with Crippen LogP contribution in [-0.4, -0.2) is 13.0 Å². The molecule has 1 aromatic carbocycles. The summed E-state index contributed by atoms with van der Waals surface area (Å²) >= 11 is 0. The zero-order chi connectivity index (χ0) is 12.2. The van der Waals surface area contributed by atoms with E-state index < -0.39 is 10.1 Å². The summed E-state index contributed by atoms with van der Waals surface area (Å²) in [7, 11) is -4.08. The molecule has 0 aliphatic rings. The van der Waals surface area contributed by atoms with Crippen LogP contribution in [-0.2, 0) is 16.5 Å². The third kappa shape index (κ3) is 5.30. The molecular formula is C12H21NO3S. The number of rotatable bonds is 5. The lowest BCUT2D eigenvalue weighted by atomic mass is 10.0. The van der Waals surface area contributed by atoms with Gasteiger partial charge in [-0.3, -0.25) is 4.55 Å². The van der Waals surface area contributed by atoms with Crippen LogP contribution in [0.4, 0.5) is 0 Å². The van der Waals surface area contributed by atoms with E-state index in [9.17, 15) is 8.42 Å². The monoisotopic (exact) mass is 259 g/mol. The smallest absolute Gasteiger partial charge is 0.294 e. The lowest BCUT2D eigenvalue weighted by molar-refractivity contribution is 0.481. The Morgan fingerprint density at radius 2 is 1.82 bits per heavy atom. The fourth-order valence-corrected chi connectivity index (χ4v) is 2.41. The van der Waals surface area contributed by atoms with Crippen LogP contribution >= 0.6 is 0 Å². The van der Waals surface area contributed by atoms with E-state index in [1.54, 1.807) is 18.2 Å². The second kappa shape index (κ2) is 6.74. The Balaban J connectivity index is 0.00000256. The normalized spacial score (nSPS) is 11.3. The maximum absolute atomic E-state index is 11.1. The van der Waals surface area contributed by atoms with Gasteiger partial charge in [0.25, 0.3) is 10.1 Å². The molecule has 1 rings (SSSR count). The molecule has 0 spiro atoms. The van der Waals surface area contributed by atoms with E-state index in [0.717, 1.165) is 12.8 Å². The van der Waals surface area contributed by atoms with Crippen molar-refractivity contribution in [1.29, 1.82) is 0 Å². The quantitative estimate of drug-likeness (QED) is 0.795. The van der Waals surface area contributed by atoms with Crippen LogP contribution < -0.4 is 6.15 Å². The van der Waals surface area contributed by atoms with E-state index in [0.29, 0.717) is 17.9 Å². The first-order chi connectivity index (χ1) is 7.41. The van der Waals surface area contributed by atoms with E-state index in [4.69, 9.17) is 4.55 Å². The molecule has 0 aliphatic heterocycles. The van der Waals surface area contributed by atoms with Gasteiger partial charge in [-0.25, -0.2) is 0 Å². The Kier molecular flexibility index (Phi) is 6.37. The second-order valence-corrected chi connectivity index (χ2v) is 5.76. The largest absolute Gasteiger partial charge is 0.344 e. The maximum Gasteiger partial charge on any atom is 0.294 e. The molecule has 17 heavy (non-hydrogen) atoms. The lowest BCUT2D eigenvalue weighted by Gasteiger charge is -2.07. The van der Waals surface area contributed by atoms with Crippen molar-refractivity contribution in [3.8, 4) is 0 Å². The van der Waals surface area contributed by atoms with Crippen LogP contribution in [0.15, 0.2) is 29.2 Å². The molecule has 98 valence electrons. The molecule has 0 aromatic heterocycles. The van der Waals surface area contributed by atoms with Crippen molar-refractivity contribution in [2.45, 2.75) is 38.0 Å². The van der Waals surface area contributed by atoms with Gasteiger partial charge < -0.3 is 6.15 Å². The minimum Gasteiger partial charge on any atom is -0.344 e. The summed E-state index contributed by atoms with van der Waals surface area (Å²) in [6.45, 7) is 4.27. The number of hydrogen-bond acceptors (Lipinski definition) is 3. The zero-order valence-corrected chi connectivity index (χ0v) is 11.2. The molecule has 0 atom stereocenters. The average Bonchev–Trinajstić information content (AvgIpc) is 2.16. The molecule has 0 amide bonds. The summed E-state index contributed by atoms with van der Waals surface area (Å²) in [6.07, 6.45) is 2.68. The van der Waals surface area contributed by atoms with Crippen molar-refractivity contribution < 1.29 is 13.0 Å². The van der Waals surface area contributed by atoms with Gasteiger partial charge in [-0.1, -0.05) is 38.5 Å². The predicted molar refractivity (Wildman–Crippen MR) is 69.1 cm³/mol. The molecule has 0 unspecified atom stereocenters. The van der Waals surface area contributed by atoms with Crippen LogP contribution in [0.3, 0.4) is 0 Å². The highest BCUT2D eigenvalue weighted by atomic mass is 32.2. The Morgan fingerprint density at radius 3 is 2.35 bits per heavy atom. The fraction of sp³-hybridized carbons (Fsp3) is 0.500. The molecule has 0 saturated carbocycles. The molecule has 4 N–H and O–H groups in total. The second-order valence-electron chi connectivity index (χ2n) is 4.37. The Morgan fingerprint density at radius 1 is 1.24 bits per heavy atom. The zero-order valence-electron chi connectivity index (χ0n) is 10.4. The minimum absolute atomic E-state index is 0. The van der Waals surface area contributed by atoms with Gasteiger partial charge in [0, 0.05) is 0 Å². The van der Waals surface area contributed by atoms with E-state index in [2.05, 4.69) is 13.8 Å². The predicted octanol–water partition coefficient (Wildman–Crippen LogP) is 3.07. The number of aryl methyl sites for hydroxylation is 1. The first-order valence-corrected chi connectivity index (χ1v) is 6.90. The van der Waals surface area contributed by atoms with Gasteiger partial charge in [0.2, 0.25) is 0 Å². The SMILES string of the molecule is CC(C)CCCc1ccccc1S(=O)(=O)O.N. The topological polar surface area (TPSA) is 89.4 Å². The van der Waals surface area contributed by atoms with Crippen LogP contribution in [0.5, 0.6) is 0 Å². The molecule has 4 nitrogen and oxygen atoms in total. The highest BCUT2D eigenvalue weighted by molar-refractivity contribution is 7.85. The van der Waals surface area contributed by atoms with Gasteiger partial charge in [-0.15, -0.1) is 0 Å². The summed E-state index contributed by atoms with van der Waals surface area (Å²) in [6, 6.07) is 6.61. The van der Waals surface area contributed by atoms with Crippen molar-refractivity contribution in [1.82, 2.24) is 6.15 Å². The molecule has 0 heterocycles. The fourth-order valence-electron chi connectivity index (χ4n) is 1.66. The first-order valence-electron chi connectivity index (χ1n) is 5.46. The summed E-state index contributed by atoms with van der Waals surface area (Å²) in [5, 5.41) is 0. The molecular weight excluding hydrogens is 238 g/mol. The van der Waals surface area contributed by atoms with Gasteiger partial charge in [0.1, 0.15) is 0 Å². The van der Waals surface area contributed by atoms with E-state index in [1.807, 2.05) is 0 Å². The first kappa shape index (κ1) is 16.1. The van der Waals surface area contributed by atoms with E-state index >= 15 is 0 Å². The molecule has 1 aromatic rings. The summed E-state index contributed by atoms with van der Waals surface area (Å²) < 4.78 is 31.3. The molecule has 0 aliphatic carbocycles. The van der Waals surface area contributed by atoms with Crippen LogP contribution in [0.2, 0.25) is 0 Å². The van der Waals surface area contributed by atoms with E-state index in [-0.39, 0.29) is 11.0 Å². The molecule has 0 fully saturated rings. The molecule has 0 radical (unpaired) electrons. The highest BCUT2D eigenvalue weighted by Crippen LogP contribution is 2.18. The van der Waals surface area contributed by atoms with Crippen LogP contribution in [0.25, 0.3) is 0 Å². The van der Waals surface area contributed by atoms with Crippen molar-refractivity contribution >= 4 is 10.1 Å². The van der Waals surface area contributed by atoms with Gasteiger partial charge in [0.05, 0.1) is 4.90 Å². The number of benzene rings is 1. The standard InChI is InChI=1S/C12H18O3S.H3N/c1-10(2)6-5-8-11-7-3-4-9-12(11)16(13,14)15;/h3-4,7,9-10H,5-6,8H2,1-2H3,(H,13,14,15);1H3. The maximum atomic E-state index is 11.1. The molecule has 0 saturated heterocycles. The Hall–Kier alpha value is -0.910. The van der Waals surface area contributed by atoms with Crippen molar-refractivity contribution in [3.63, 3.8) is 0 Å². The summed E-state index contributed by atoms with van der Waals surface area (Å²) in [4.78, 5) is 0.0405. The Bertz CT molecular complexity index is 441. The summed E-state index contributed by atoms with van der Waals surface area (Å²) in [5.41, 5.74) is 0.700. The average molecular weight is 259 g/mol. The third-order valence-corrected chi connectivity index (χ3v) is 3.43. The van der Waals surface area contributed by atoms with Crippen molar-refractivity contribution in [2.24, 2.45) is 5.92 Å².